The molecule has 0 unspecified atom stereocenters. The van der Waals surface area contributed by atoms with Gasteiger partial charge in [0, 0.05) is 16.3 Å². The number of nitrogens with one attached hydrogen (secondary N) is 2. The highest BCUT2D eigenvalue weighted by Gasteiger charge is 2.13. The minimum Gasteiger partial charge on any atom is -0.325 e. The number of anilines is 2. The first-order valence-electron chi connectivity index (χ1n) is 8.54. The Morgan fingerprint density at radius 3 is 2.36 bits per heavy atom. The fraction of sp³-hybridized carbons (Fsp3) is 0.0455. The molecule has 0 radical (unpaired) electrons. The van der Waals surface area contributed by atoms with Gasteiger partial charge in [0.25, 0.3) is 5.91 Å². The van der Waals surface area contributed by atoms with E-state index in [0.717, 1.165) is 4.90 Å². The molecule has 3 aromatic rings. The number of amides is 2. The number of hydrogen-bond donors (Lipinski definition) is 2. The first-order chi connectivity index (χ1) is 13.7. The predicted octanol–water partition coefficient (Wildman–Crippen LogP) is 4.54. The third-order valence-electron chi connectivity index (χ3n) is 3.80. The minimum atomic E-state index is -0.226. The van der Waals surface area contributed by atoms with E-state index in [0.29, 0.717) is 22.5 Å². The fourth-order valence-corrected chi connectivity index (χ4v) is 3.36. The smallest absolute Gasteiger partial charge is 0.256 e. The topological polar surface area (TPSA) is 82.0 Å². The van der Waals surface area contributed by atoms with Crippen LogP contribution in [0.1, 0.15) is 15.9 Å². The van der Waals surface area contributed by atoms with Crippen LogP contribution < -0.4 is 10.6 Å². The molecule has 6 heteroatoms. The fourth-order valence-electron chi connectivity index (χ4n) is 2.51. The Bertz CT molecular complexity index is 1030. The van der Waals surface area contributed by atoms with Gasteiger partial charge in [-0.1, -0.05) is 36.4 Å². The summed E-state index contributed by atoms with van der Waals surface area (Å²) in [5.41, 5.74) is 2.27. The number of carbonyl (C=O) groups excluding carboxylic acids is 2. The molecule has 0 aliphatic heterocycles. The van der Waals surface area contributed by atoms with Gasteiger partial charge in [0.05, 0.1) is 22.9 Å². The largest absolute Gasteiger partial charge is 0.325 e. The van der Waals surface area contributed by atoms with Gasteiger partial charge < -0.3 is 10.6 Å². The molecule has 0 bridgehead atoms. The lowest BCUT2D eigenvalue weighted by atomic mass is 10.2. The summed E-state index contributed by atoms with van der Waals surface area (Å²) < 4.78 is 0. The number of thioether (sulfide) groups is 1. The molecule has 5 nitrogen and oxygen atoms in total. The number of nitriles is 1. The van der Waals surface area contributed by atoms with Crippen LogP contribution in [0.15, 0.2) is 83.8 Å². The molecule has 0 spiro atoms. The summed E-state index contributed by atoms with van der Waals surface area (Å²) in [5.74, 6) is -0.290. The van der Waals surface area contributed by atoms with Crippen molar-refractivity contribution in [2.24, 2.45) is 0 Å². The van der Waals surface area contributed by atoms with Crippen molar-refractivity contribution >= 4 is 35.0 Å². The van der Waals surface area contributed by atoms with Crippen LogP contribution in [0.2, 0.25) is 0 Å². The van der Waals surface area contributed by atoms with Crippen molar-refractivity contribution in [1.29, 1.82) is 5.26 Å². The van der Waals surface area contributed by atoms with E-state index in [9.17, 15) is 9.59 Å². The molecule has 0 aliphatic carbocycles. The molecule has 0 fully saturated rings. The summed E-state index contributed by atoms with van der Waals surface area (Å²) in [6.45, 7) is 0. The molecule has 0 saturated heterocycles. The van der Waals surface area contributed by atoms with E-state index in [1.807, 2.05) is 48.5 Å². The first kappa shape index (κ1) is 19.2. The van der Waals surface area contributed by atoms with Crippen LogP contribution in [0.3, 0.4) is 0 Å². The quantitative estimate of drug-likeness (QED) is 0.608. The lowest BCUT2D eigenvalue weighted by Crippen LogP contribution is -2.16. The van der Waals surface area contributed by atoms with Crippen molar-refractivity contribution in [3.63, 3.8) is 0 Å². The van der Waals surface area contributed by atoms with Crippen LogP contribution in [-0.4, -0.2) is 17.6 Å². The lowest BCUT2D eigenvalue weighted by molar-refractivity contribution is -0.113. The van der Waals surface area contributed by atoms with Gasteiger partial charge in [0.2, 0.25) is 5.91 Å². The predicted molar refractivity (Wildman–Crippen MR) is 111 cm³/mol. The summed E-state index contributed by atoms with van der Waals surface area (Å²) in [6, 6.07) is 25.1. The van der Waals surface area contributed by atoms with Crippen LogP contribution >= 0.6 is 11.8 Å². The van der Waals surface area contributed by atoms with Crippen molar-refractivity contribution < 1.29 is 9.59 Å². The normalized spacial score (nSPS) is 9.96. The Morgan fingerprint density at radius 1 is 0.857 bits per heavy atom. The number of para-hydroxylation sites is 1. The van der Waals surface area contributed by atoms with Gasteiger partial charge in [0.1, 0.15) is 0 Å². The number of nitrogens with zero attached hydrogens (tertiary/aromatic N) is 1. The highest BCUT2D eigenvalue weighted by Crippen LogP contribution is 2.24. The van der Waals surface area contributed by atoms with Crippen LogP contribution in [-0.2, 0) is 4.79 Å². The molecular formula is C22H17N3O2S. The maximum atomic E-state index is 12.6. The number of carbonyl (C=O) groups is 2. The Labute approximate surface area is 167 Å². The molecule has 2 amide bonds. The highest BCUT2D eigenvalue weighted by molar-refractivity contribution is 8.00. The molecule has 3 aromatic carbocycles. The third-order valence-corrected chi connectivity index (χ3v) is 4.87. The average molecular weight is 387 g/mol. The van der Waals surface area contributed by atoms with E-state index in [2.05, 4.69) is 10.6 Å². The maximum absolute atomic E-state index is 12.6. The van der Waals surface area contributed by atoms with Crippen molar-refractivity contribution in [2.75, 3.05) is 16.4 Å². The summed E-state index contributed by atoms with van der Waals surface area (Å²) in [6.07, 6.45) is 0. The Kier molecular flexibility index (Phi) is 6.45. The zero-order valence-electron chi connectivity index (χ0n) is 14.9. The molecular weight excluding hydrogens is 370 g/mol. The van der Waals surface area contributed by atoms with Crippen molar-refractivity contribution in [3.8, 4) is 6.07 Å². The molecule has 3 rings (SSSR count). The van der Waals surface area contributed by atoms with Gasteiger partial charge in [-0.25, -0.2) is 0 Å². The van der Waals surface area contributed by atoms with E-state index in [-0.39, 0.29) is 17.6 Å². The zero-order valence-corrected chi connectivity index (χ0v) is 15.7. The minimum absolute atomic E-state index is 0.145. The van der Waals surface area contributed by atoms with Gasteiger partial charge in [-0.3, -0.25) is 9.59 Å². The van der Waals surface area contributed by atoms with Crippen LogP contribution in [0.25, 0.3) is 0 Å². The summed E-state index contributed by atoms with van der Waals surface area (Å²) in [7, 11) is 0. The molecule has 138 valence electrons. The van der Waals surface area contributed by atoms with E-state index >= 15 is 0 Å². The van der Waals surface area contributed by atoms with Gasteiger partial charge in [-0.2, -0.15) is 5.26 Å². The van der Waals surface area contributed by atoms with Gasteiger partial charge in [-0.05, 0) is 42.5 Å². The van der Waals surface area contributed by atoms with Gasteiger partial charge in [-0.15, -0.1) is 11.8 Å². The van der Waals surface area contributed by atoms with Crippen molar-refractivity contribution in [2.45, 2.75) is 4.90 Å². The van der Waals surface area contributed by atoms with Crippen LogP contribution in [0.4, 0.5) is 11.4 Å². The van der Waals surface area contributed by atoms with Gasteiger partial charge in [0.15, 0.2) is 0 Å². The monoisotopic (exact) mass is 387 g/mol. The second kappa shape index (κ2) is 9.40. The lowest BCUT2D eigenvalue weighted by Gasteiger charge is -2.10. The molecule has 2 N–H and O–H groups in total. The van der Waals surface area contributed by atoms with Gasteiger partial charge >= 0.3 is 0 Å². The molecule has 0 aromatic heterocycles. The maximum Gasteiger partial charge on any atom is 0.256 e. The van der Waals surface area contributed by atoms with E-state index in [1.54, 1.807) is 36.4 Å². The SMILES string of the molecule is N#Cc1cccc(NC(=O)CSc2ccccc2C(=O)Nc2ccccc2)c1. The van der Waals surface area contributed by atoms with E-state index < -0.39 is 0 Å². The number of benzene rings is 3. The second-order valence-electron chi connectivity index (χ2n) is 5.85. The molecule has 0 saturated carbocycles. The zero-order chi connectivity index (χ0) is 19.8. The van der Waals surface area contributed by atoms with Crippen molar-refractivity contribution in [1.82, 2.24) is 0 Å². The highest BCUT2D eigenvalue weighted by atomic mass is 32.2. The third kappa shape index (κ3) is 5.22. The first-order valence-corrected chi connectivity index (χ1v) is 9.52. The Morgan fingerprint density at radius 2 is 1.57 bits per heavy atom. The molecule has 0 heterocycles. The molecule has 0 aliphatic rings. The summed E-state index contributed by atoms with van der Waals surface area (Å²) in [4.78, 5) is 25.5. The summed E-state index contributed by atoms with van der Waals surface area (Å²) >= 11 is 1.29. The van der Waals surface area contributed by atoms with Crippen LogP contribution in [0, 0.1) is 11.3 Å². The standard InChI is InChI=1S/C22H17N3O2S/c23-14-16-7-6-10-18(13-16)24-21(26)15-28-20-12-5-4-11-19(20)22(27)25-17-8-2-1-3-9-17/h1-13H,15H2,(H,24,26)(H,25,27). The number of hydrogen-bond acceptors (Lipinski definition) is 4. The van der Waals surface area contributed by atoms with Crippen LogP contribution in [0.5, 0.6) is 0 Å². The second-order valence-corrected chi connectivity index (χ2v) is 6.86. The summed E-state index contributed by atoms with van der Waals surface area (Å²) in [5, 5.41) is 14.6. The molecule has 0 atom stereocenters. The van der Waals surface area contributed by atoms with Crippen molar-refractivity contribution in [3.05, 3.63) is 90.0 Å². The Balaban J connectivity index is 1.64. The molecule has 28 heavy (non-hydrogen) atoms. The number of rotatable bonds is 6. The van der Waals surface area contributed by atoms with E-state index in [1.165, 1.54) is 11.8 Å². The Hall–Kier alpha value is -3.56. The van der Waals surface area contributed by atoms with E-state index in [4.69, 9.17) is 5.26 Å². The average Bonchev–Trinajstić information content (AvgIpc) is 2.73.